The molecule has 10 nitrogen and oxygen atoms in total. The number of hydrogen-bond acceptors (Lipinski definition) is 4. The Hall–Kier alpha value is -7.20. The zero-order valence-electron chi connectivity index (χ0n) is 26.1. The number of carboxylic acids is 3. The van der Waals surface area contributed by atoms with Gasteiger partial charge in [-0.2, -0.15) is 0 Å². The maximum atomic E-state index is 11.7. The van der Waals surface area contributed by atoms with E-state index in [2.05, 4.69) is 15.0 Å². The Morgan fingerprint density at radius 3 is 1.00 bits per heavy atom. The molecule has 0 radical (unpaired) electrons. The van der Waals surface area contributed by atoms with Crippen molar-refractivity contribution in [1.82, 2.24) is 19.9 Å². The van der Waals surface area contributed by atoms with E-state index in [1.807, 2.05) is 48.6 Å². The highest BCUT2D eigenvalue weighted by Gasteiger charge is 2.17. The van der Waals surface area contributed by atoms with Crippen LogP contribution >= 0.6 is 0 Å². The summed E-state index contributed by atoms with van der Waals surface area (Å²) in [5, 5.41) is 28.6. The molecule has 0 spiro atoms. The van der Waals surface area contributed by atoms with Crippen LogP contribution in [0.15, 0.2) is 109 Å². The van der Waals surface area contributed by atoms with Gasteiger partial charge in [0.1, 0.15) is 0 Å². The number of aromatic carboxylic acids is 3. The second-order valence-electron chi connectivity index (χ2n) is 11.8. The molecule has 5 heterocycles. The van der Waals surface area contributed by atoms with Crippen LogP contribution in [0.4, 0.5) is 0 Å². The minimum atomic E-state index is -1.03. The molecule has 0 fully saturated rings. The van der Waals surface area contributed by atoms with E-state index in [0.717, 1.165) is 66.5 Å². The molecule has 1 aliphatic heterocycles. The molecule has 1 aliphatic rings. The molecule has 0 saturated carbocycles. The molecule has 0 saturated heterocycles. The van der Waals surface area contributed by atoms with Crippen LogP contribution < -0.4 is 0 Å². The van der Waals surface area contributed by atoms with Gasteiger partial charge in [-0.1, -0.05) is 36.4 Å². The average molecular weight is 659 g/mol. The number of H-pyrrole nitrogens is 3. The minimum absolute atomic E-state index is 0.153. The fourth-order valence-electron chi connectivity index (χ4n) is 6.40. The molecule has 10 heteroatoms. The summed E-state index contributed by atoms with van der Waals surface area (Å²) in [5.41, 5.74) is 11.0. The number of nitrogens with zero attached hydrogens (tertiary/aromatic N) is 1. The predicted molar refractivity (Wildman–Crippen MR) is 192 cm³/mol. The maximum absolute atomic E-state index is 11.7. The number of aromatic amines is 3. The van der Waals surface area contributed by atoms with Gasteiger partial charge < -0.3 is 30.3 Å². The van der Waals surface area contributed by atoms with Crippen molar-refractivity contribution in [3.63, 3.8) is 0 Å². The number of aromatic nitrogens is 4. The Bertz CT molecular complexity index is 2660. The molecule has 0 aliphatic carbocycles. The SMILES string of the molecule is O=C(O)c1ccc(-c2c3nc(c(-c4ccc(C(=O)O)cc4)c4ccc([nH]4)c4ccc([nH]4)c(-c4ccc(C(=O)O)cc4)c4ccc2[nH]4)C=C3)cc1. The highest BCUT2D eigenvalue weighted by atomic mass is 16.4. The number of nitrogens with one attached hydrogen (secondary N) is 3. The summed E-state index contributed by atoms with van der Waals surface area (Å²) in [4.78, 5) is 50.7. The molecule has 0 unspecified atom stereocenters. The normalized spacial score (nSPS) is 11.6. The van der Waals surface area contributed by atoms with Gasteiger partial charge in [-0.25, -0.2) is 19.4 Å². The van der Waals surface area contributed by atoms with Gasteiger partial charge in [0, 0.05) is 38.8 Å². The van der Waals surface area contributed by atoms with E-state index in [9.17, 15) is 29.7 Å². The van der Waals surface area contributed by atoms with Crippen LogP contribution in [0.25, 0.3) is 78.6 Å². The van der Waals surface area contributed by atoms with Gasteiger partial charge >= 0.3 is 17.9 Å². The quantitative estimate of drug-likeness (QED) is 0.104. The molecular formula is C40H26N4O6. The molecule has 3 aromatic carbocycles. The van der Waals surface area contributed by atoms with Gasteiger partial charge in [0.05, 0.1) is 39.1 Å². The van der Waals surface area contributed by atoms with E-state index in [0.29, 0.717) is 11.4 Å². The average Bonchev–Trinajstić information content (AvgIpc) is 3.95. The largest absolute Gasteiger partial charge is 0.478 e. The van der Waals surface area contributed by atoms with Crippen LogP contribution in [-0.2, 0) is 0 Å². The van der Waals surface area contributed by atoms with Crippen LogP contribution in [0, 0.1) is 0 Å². The first kappa shape index (κ1) is 30.2. The van der Waals surface area contributed by atoms with Gasteiger partial charge in [-0.05, 0) is 102 Å². The first-order valence-corrected chi connectivity index (χ1v) is 15.6. The van der Waals surface area contributed by atoms with Crippen LogP contribution in [0.2, 0.25) is 0 Å². The van der Waals surface area contributed by atoms with E-state index in [1.165, 1.54) is 0 Å². The lowest BCUT2D eigenvalue weighted by Gasteiger charge is -2.06. The Balaban J connectivity index is 1.49. The summed E-state index contributed by atoms with van der Waals surface area (Å²) in [6, 6.07) is 31.7. The number of fused-ring (bicyclic) bond motifs is 9. The van der Waals surface area contributed by atoms with E-state index in [-0.39, 0.29) is 16.7 Å². The Labute approximate surface area is 283 Å². The number of rotatable bonds is 6. The van der Waals surface area contributed by atoms with E-state index in [4.69, 9.17) is 4.98 Å². The summed E-state index contributed by atoms with van der Waals surface area (Å²) in [6.07, 6.45) is 3.81. The third-order valence-corrected chi connectivity index (χ3v) is 8.84. The fraction of sp³-hybridized carbons (Fsp3) is 0. The third-order valence-electron chi connectivity index (χ3n) is 8.84. The zero-order chi connectivity index (χ0) is 34.5. The number of carboxylic acid groups (broad SMARTS) is 3. The molecule has 50 heavy (non-hydrogen) atoms. The van der Waals surface area contributed by atoms with Crippen LogP contribution in [0.5, 0.6) is 0 Å². The lowest BCUT2D eigenvalue weighted by molar-refractivity contribution is 0.0686. The zero-order valence-corrected chi connectivity index (χ0v) is 26.1. The highest BCUT2D eigenvalue weighted by molar-refractivity contribution is 6.01. The van der Waals surface area contributed by atoms with Crippen molar-refractivity contribution in [2.45, 2.75) is 0 Å². The number of benzene rings is 3. The molecule has 6 N–H and O–H groups in total. The summed E-state index contributed by atoms with van der Waals surface area (Å²) >= 11 is 0. The number of hydrogen-bond donors (Lipinski definition) is 6. The molecule has 4 aromatic heterocycles. The molecule has 0 amide bonds. The van der Waals surface area contributed by atoms with Gasteiger partial charge in [0.15, 0.2) is 0 Å². The van der Waals surface area contributed by atoms with Gasteiger partial charge in [-0.15, -0.1) is 0 Å². The summed E-state index contributed by atoms with van der Waals surface area (Å²) in [6.45, 7) is 0. The summed E-state index contributed by atoms with van der Waals surface area (Å²) in [7, 11) is 0. The van der Waals surface area contributed by atoms with Gasteiger partial charge in [0.25, 0.3) is 0 Å². The maximum Gasteiger partial charge on any atom is 0.335 e. The van der Waals surface area contributed by atoms with Gasteiger partial charge in [-0.3, -0.25) is 0 Å². The number of carbonyl (C=O) groups is 3. The van der Waals surface area contributed by atoms with Crippen LogP contribution in [0.3, 0.4) is 0 Å². The summed E-state index contributed by atoms with van der Waals surface area (Å²) in [5.74, 6) is -3.06. The van der Waals surface area contributed by atoms with Crippen LogP contribution in [0.1, 0.15) is 42.5 Å². The fourth-order valence-corrected chi connectivity index (χ4v) is 6.40. The second kappa shape index (κ2) is 11.8. The predicted octanol–water partition coefficient (Wildman–Crippen LogP) is 8.79. The van der Waals surface area contributed by atoms with E-state index < -0.39 is 17.9 Å². The molecule has 8 bridgehead atoms. The van der Waals surface area contributed by atoms with Gasteiger partial charge in [0.2, 0.25) is 0 Å². The molecule has 7 aromatic rings. The lowest BCUT2D eigenvalue weighted by Crippen LogP contribution is -1.96. The van der Waals surface area contributed by atoms with Crippen molar-refractivity contribution in [2.24, 2.45) is 0 Å². The molecule has 242 valence electrons. The monoisotopic (exact) mass is 658 g/mol. The first-order valence-electron chi connectivity index (χ1n) is 15.6. The van der Waals surface area contributed by atoms with Crippen molar-refractivity contribution in [3.05, 3.63) is 137 Å². The van der Waals surface area contributed by atoms with E-state index in [1.54, 1.807) is 72.8 Å². The Kier molecular flexibility index (Phi) is 7.11. The van der Waals surface area contributed by atoms with E-state index >= 15 is 0 Å². The lowest BCUT2D eigenvalue weighted by atomic mass is 10.0. The van der Waals surface area contributed by atoms with Crippen molar-refractivity contribution in [2.75, 3.05) is 0 Å². The van der Waals surface area contributed by atoms with Crippen molar-refractivity contribution in [1.29, 1.82) is 0 Å². The van der Waals surface area contributed by atoms with Crippen LogP contribution in [-0.4, -0.2) is 53.2 Å². The Morgan fingerprint density at radius 1 is 0.380 bits per heavy atom. The topological polar surface area (TPSA) is 172 Å². The third kappa shape index (κ3) is 5.26. The highest BCUT2D eigenvalue weighted by Crippen LogP contribution is 2.36. The summed E-state index contributed by atoms with van der Waals surface area (Å²) < 4.78 is 0. The molecule has 0 atom stereocenters. The van der Waals surface area contributed by atoms with Crippen molar-refractivity contribution in [3.8, 4) is 33.4 Å². The minimum Gasteiger partial charge on any atom is -0.478 e. The first-order chi connectivity index (χ1) is 24.2. The molecule has 8 rings (SSSR count). The van der Waals surface area contributed by atoms with Crippen molar-refractivity contribution < 1.29 is 29.7 Å². The molecular weight excluding hydrogens is 632 g/mol. The Morgan fingerprint density at radius 2 is 0.660 bits per heavy atom. The smallest absolute Gasteiger partial charge is 0.335 e. The second-order valence-corrected chi connectivity index (χ2v) is 11.8. The standard InChI is InChI=1S/C40H26N4O6/c45-38(46)24-7-1-21(2-8-24)35-29-15-13-27(41-29)28-14-16-30(42-28)36(22-3-9-25(10-4-22)39(47)48)32-18-20-34(44-32)37(33-19-17-31(35)43-33)23-5-11-26(12-6-23)40(49)50/h1-20,41-43H,(H,45,46)(H,47,48)(H,49,50). The van der Waals surface area contributed by atoms with Crippen molar-refractivity contribution >= 4 is 63.2 Å².